The van der Waals surface area contributed by atoms with Crippen molar-refractivity contribution in [2.24, 2.45) is 0 Å². The van der Waals surface area contributed by atoms with Gasteiger partial charge in [-0.25, -0.2) is 0 Å². The summed E-state index contributed by atoms with van der Waals surface area (Å²) >= 11 is 0. The number of nitrogens with one attached hydrogen (secondary N) is 1. The second-order valence-electron chi connectivity index (χ2n) is 4.89. The molecule has 0 saturated carbocycles. The maximum absolute atomic E-state index is 12.3. The van der Waals surface area contributed by atoms with Crippen LogP contribution >= 0.6 is 0 Å². The van der Waals surface area contributed by atoms with Crippen molar-refractivity contribution in [1.82, 2.24) is 14.8 Å². The quantitative estimate of drug-likeness (QED) is 0.931. The molecule has 0 spiro atoms. The van der Waals surface area contributed by atoms with Crippen molar-refractivity contribution in [2.75, 3.05) is 5.32 Å². The molecule has 0 aliphatic rings. The van der Waals surface area contributed by atoms with Gasteiger partial charge in [0.1, 0.15) is 5.69 Å². The molecule has 20 heavy (non-hydrogen) atoms. The minimum atomic E-state index is -0.189. The van der Waals surface area contributed by atoms with Crippen LogP contribution < -0.4 is 5.32 Å². The Labute approximate surface area is 119 Å². The first-order valence-electron chi connectivity index (χ1n) is 6.81. The highest BCUT2D eigenvalue weighted by molar-refractivity contribution is 6.04. The van der Waals surface area contributed by atoms with E-state index in [9.17, 15) is 4.79 Å². The average molecular weight is 272 g/mol. The molecule has 0 aliphatic carbocycles. The van der Waals surface area contributed by atoms with Crippen molar-refractivity contribution >= 4 is 11.6 Å². The normalized spacial score (nSPS) is 10.6. The standard InChI is InChI=1S/C15H20N4O/c1-5-9-19-12(4)14(11(3)18-19)17-15(20)13-10(2)7-6-8-16-13/h6-8H,5,9H2,1-4H3,(H,17,20). The van der Waals surface area contributed by atoms with Gasteiger partial charge in [-0.1, -0.05) is 13.0 Å². The fourth-order valence-corrected chi connectivity index (χ4v) is 2.20. The van der Waals surface area contributed by atoms with Gasteiger partial charge in [-0.05, 0) is 38.8 Å². The van der Waals surface area contributed by atoms with E-state index in [0.717, 1.165) is 35.6 Å². The number of nitrogens with zero attached hydrogens (tertiary/aromatic N) is 3. The zero-order chi connectivity index (χ0) is 14.7. The van der Waals surface area contributed by atoms with E-state index in [1.165, 1.54) is 0 Å². The minimum absolute atomic E-state index is 0.189. The third-order valence-corrected chi connectivity index (χ3v) is 3.28. The van der Waals surface area contributed by atoms with Crippen LogP contribution in [0.25, 0.3) is 0 Å². The van der Waals surface area contributed by atoms with Gasteiger partial charge in [-0.3, -0.25) is 14.5 Å². The van der Waals surface area contributed by atoms with Crippen molar-refractivity contribution in [3.05, 3.63) is 41.0 Å². The number of pyridine rings is 1. The lowest BCUT2D eigenvalue weighted by molar-refractivity contribution is 0.102. The molecular formula is C15H20N4O. The van der Waals surface area contributed by atoms with E-state index >= 15 is 0 Å². The molecule has 0 bridgehead atoms. The molecule has 0 saturated heterocycles. The van der Waals surface area contributed by atoms with E-state index in [1.54, 1.807) is 6.20 Å². The Bertz CT molecular complexity index is 631. The number of carbonyl (C=O) groups is 1. The van der Waals surface area contributed by atoms with Crippen molar-refractivity contribution < 1.29 is 4.79 Å². The van der Waals surface area contributed by atoms with Crippen LogP contribution in [0.15, 0.2) is 18.3 Å². The molecule has 0 aliphatic heterocycles. The second-order valence-corrected chi connectivity index (χ2v) is 4.89. The molecule has 1 N–H and O–H groups in total. The predicted octanol–water partition coefficient (Wildman–Crippen LogP) is 2.87. The van der Waals surface area contributed by atoms with Gasteiger partial charge in [-0.2, -0.15) is 5.10 Å². The maximum Gasteiger partial charge on any atom is 0.274 e. The van der Waals surface area contributed by atoms with E-state index in [4.69, 9.17) is 0 Å². The molecule has 0 radical (unpaired) electrons. The average Bonchev–Trinajstić information content (AvgIpc) is 2.67. The molecule has 2 rings (SSSR count). The first kappa shape index (κ1) is 14.2. The Morgan fingerprint density at radius 3 is 2.75 bits per heavy atom. The highest BCUT2D eigenvalue weighted by atomic mass is 16.1. The Hall–Kier alpha value is -2.17. The zero-order valence-electron chi connectivity index (χ0n) is 12.4. The highest BCUT2D eigenvalue weighted by Crippen LogP contribution is 2.20. The summed E-state index contributed by atoms with van der Waals surface area (Å²) < 4.78 is 1.93. The predicted molar refractivity (Wildman–Crippen MR) is 78.9 cm³/mol. The lowest BCUT2D eigenvalue weighted by atomic mass is 10.2. The monoisotopic (exact) mass is 272 g/mol. The third kappa shape index (κ3) is 2.71. The number of rotatable bonds is 4. The van der Waals surface area contributed by atoms with Crippen LogP contribution in [0.2, 0.25) is 0 Å². The first-order valence-corrected chi connectivity index (χ1v) is 6.81. The number of carbonyl (C=O) groups excluding carboxylic acids is 1. The van der Waals surface area contributed by atoms with Crippen LogP contribution in [0.4, 0.5) is 5.69 Å². The number of aromatic nitrogens is 3. The SMILES string of the molecule is CCCn1nc(C)c(NC(=O)c2ncccc2C)c1C. The van der Waals surface area contributed by atoms with Crippen molar-refractivity contribution in [2.45, 2.75) is 40.7 Å². The van der Waals surface area contributed by atoms with E-state index in [1.807, 2.05) is 37.6 Å². The van der Waals surface area contributed by atoms with E-state index in [-0.39, 0.29) is 5.91 Å². The number of amides is 1. The molecule has 2 aromatic heterocycles. The van der Waals surface area contributed by atoms with Gasteiger partial charge in [0.05, 0.1) is 17.1 Å². The van der Waals surface area contributed by atoms with E-state index < -0.39 is 0 Å². The lowest BCUT2D eigenvalue weighted by Crippen LogP contribution is -2.16. The zero-order valence-corrected chi connectivity index (χ0v) is 12.4. The molecule has 0 fully saturated rings. The summed E-state index contributed by atoms with van der Waals surface area (Å²) in [4.78, 5) is 16.4. The van der Waals surface area contributed by atoms with Crippen LogP contribution in [-0.2, 0) is 6.54 Å². The Kier molecular flexibility index (Phi) is 4.17. The maximum atomic E-state index is 12.3. The van der Waals surface area contributed by atoms with E-state index in [0.29, 0.717) is 5.69 Å². The highest BCUT2D eigenvalue weighted by Gasteiger charge is 2.16. The number of anilines is 1. The topological polar surface area (TPSA) is 59.8 Å². The molecule has 2 aromatic rings. The Balaban J connectivity index is 2.27. The van der Waals surface area contributed by atoms with Gasteiger partial charge >= 0.3 is 0 Å². The summed E-state index contributed by atoms with van der Waals surface area (Å²) in [7, 11) is 0. The molecule has 5 heteroatoms. The molecule has 2 heterocycles. The van der Waals surface area contributed by atoms with Crippen LogP contribution in [0, 0.1) is 20.8 Å². The van der Waals surface area contributed by atoms with Gasteiger partial charge in [0.25, 0.3) is 5.91 Å². The fraction of sp³-hybridized carbons (Fsp3) is 0.400. The van der Waals surface area contributed by atoms with Crippen LogP contribution in [0.3, 0.4) is 0 Å². The molecule has 0 unspecified atom stereocenters. The van der Waals surface area contributed by atoms with Gasteiger partial charge in [0.15, 0.2) is 0 Å². The molecule has 5 nitrogen and oxygen atoms in total. The van der Waals surface area contributed by atoms with Crippen molar-refractivity contribution in [1.29, 1.82) is 0 Å². The van der Waals surface area contributed by atoms with Crippen molar-refractivity contribution in [3.63, 3.8) is 0 Å². The van der Waals surface area contributed by atoms with Crippen molar-refractivity contribution in [3.8, 4) is 0 Å². The summed E-state index contributed by atoms with van der Waals surface area (Å²) in [6.07, 6.45) is 2.64. The summed E-state index contributed by atoms with van der Waals surface area (Å²) in [5, 5.41) is 7.38. The molecule has 0 atom stereocenters. The van der Waals surface area contributed by atoms with Crippen LogP contribution in [0.5, 0.6) is 0 Å². The van der Waals surface area contributed by atoms with Gasteiger partial charge in [-0.15, -0.1) is 0 Å². The number of hydrogen-bond acceptors (Lipinski definition) is 3. The van der Waals surface area contributed by atoms with Gasteiger partial charge in [0, 0.05) is 12.7 Å². The summed E-state index contributed by atoms with van der Waals surface area (Å²) in [6.45, 7) is 8.70. The lowest BCUT2D eigenvalue weighted by Gasteiger charge is -2.07. The first-order chi connectivity index (χ1) is 9.54. The minimum Gasteiger partial charge on any atom is -0.317 e. The Morgan fingerprint density at radius 2 is 2.10 bits per heavy atom. The van der Waals surface area contributed by atoms with Gasteiger partial charge in [0.2, 0.25) is 0 Å². The fourth-order valence-electron chi connectivity index (χ4n) is 2.20. The summed E-state index contributed by atoms with van der Waals surface area (Å²) in [5.74, 6) is -0.189. The summed E-state index contributed by atoms with van der Waals surface area (Å²) in [6, 6.07) is 3.70. The van der Waals surface area contributed by atoms with Gasteiger partial charge < -0.3 is 5.32 Å². The second kappa shape index (κ2) is 5.86. The van der Waals surface area contributed by atoms with Crippen LogP contribution in [0.1, 0.15) is 40.8 Å². The number of hydrogen-bond donors (Lipinski definition) is 1. The molecular weight excluding hydrogens is 252 g/mol. The molecule has 106 valence electrons. The third-order valence-electron chi connectivity index (χ3n) is 3.28. The Morgan fingerprint density at radius 1 is 1.35 bits per heavy atom. The smallest absolute Gasteiger partial charge is 0.274 e. The molecule has 0 aromatic carbocycles. The summed E-state index contributed by atoms with van der Waals surface area (Å²) in [5.41, 5.74) is 3.91. The number of aryl methyl sites for hydroxylation is 3. The van der Waals surface area contributed by atoms with E-state index in [2.05, 4.69) is 22.3 Å². The molecule has 1 amide bonds. The van der Waals surface area contributed by atoms with Crippen LogP contribution in [-0.4, -0.2) is 20.7 Å². The largest absolute Gasteiger partial charge is 0.317 e.